The van der Waals surface area contributed by atoms with E-state index in [0.29, 0.717) is 22.6 Å². The minimum Gasteiger partial charge on any atom is -0.398 e. The van der Waals surface area contributed by atoms with Gasteiger partial charge in [-0.25, -0.2) is 4.39 Å². The summed E-state index contributed by atoms with van der Waals surface area (Å²) in [6, 6.07) is 7.75. The number of nitrogen functional groups attached to an aromatic ring is 1. The van der Waals surface area contributed by atoms with E-state index in [9.17, 15) is 14.0 Å². The number of halogens is 3. The summed E-state index contributed by atoms with van der Waals surface area (Å²) in [5.41, 5.74) is 12.6. The predicted octanol–water partition coefficient (Wildman–Crippen LogP) is 4.37. The van der Waals surface area contributed by atoms with Crippen LogP contribution < -0.4 is 16.8 Å². The first-order valence-corrected chi connectivity index (χ1v) is 11.4. The van der Waals surface area contributed by atoms with E-state index < -0.39 is 17.3 Å². The maximum Gasteiger partial charge on any atom is 0.246 e. The van der Waals surface area contributed by atoms with Gasteiger partial charge < -0.3 is 21.7 Å². The summed E-state index contributed by atoms with van der Waals surface area (Å²) < 4.78 is 14.9. The number of hydrogen-bond donors (Lipinski definition) is 3. The van der Waals surface area contributed by atoms with Crippen molar-refractivity contribution in [3.8, 4) is 0 Å². The molecule has 0 saturated carbocycles. The Hall–Kier alpha value is -3.10. The Morgan fingerprint density at radius 2 is 1.91 bits per heavy atom. The van der Waals surface area contributed by atoms with Gasteiger partial charge in [0.1, 0.15) is 17.9 Å². The number of anilines is 2. The van der Waals surface area contributed by atoms with Crippen molar-refractivity contribution in [2.75, 3.05) is 30.7 Å². The summed E-state index contributed by atoms with van der Waals surface area (Å²) in [5.74, 6) is -1.37. The Kier molecular flexibility index (Phi) is 9.06. The van der Waals surface area contributed by atoms with Crippen LogP contribution in [0.15, 0.2) is 48.0 Å². The summed E-state index contributed by atoms with van der Waals surface area (Å²) in [6.45, 7) is 9.36. The molecule has 2 aromatic rings. The number of nitrogens with two attached hydrogens (primary N) is 2. The molecule has 0 atom stereocenters. The molecule has 5 N–H and O–H groups in total. The number of hydrogen-bond acceptors (Lipinski definition) is 5. The van der Waals surface area contributed by atoms with Gasteiger partial charge in [0.25, 0.3) is 0 Å². The van der Waals surface area contributed by atoms with Crippen LogP contribution in [0.1, 0.15) is 31.9 Å². The first-order chi connectivity index (χ1) is 16.1. The molecule has 7 nitrogen and oxygen atoms in total. The third kappa shape index (κ3) is 5.69. The molecule has 1 aliphatic heterocycles. The first kappa shape index (κ1) is 27.1. The van der Waals surface area contributed by atoms with Gasteiger partial charge in [0.05, 0.1) is 23.1 Å². The van der Waals surface area contributed by atoms with Crippen LogP contribution in [0, 0.1) is 5.82 Å². The lowest BCUT2D eigenvalue weighted by molar-refractivity contribution is -0.132. The summed E-state index contributed by atoms with van der Waals surface area (Å²) >= 11 is 12.5. The van der Waals surface area contributed by atoms with Crippen molar-refractivity contribution in [2.45, 2.75) is 26.3 Å². The van der Waals surface area contributed by atoms with Crippen LogP contribution in [-0.2, 0) is 15.1 Å². The number of carbonyl (C=O) groups is 2. The molecule has 3 rings (SSSR count). The van der Waals surface area contributed by atoms with E-state index in [-0.39, 0.29) is 41.2 Å². The molecule has 1 saturated heterocycles. The smallest absolute Gasteiger partial charge is 0.246 e. The number of carbonyl (C=O) groups excluding carboxylic acids is 2. The van der Waals surface area contributed by atoms with E-state index in [2.05, 4.69) is 16.9 Å². The first-order valence-electron chi connectivity index (χ1n) is 10.6. The van der Waals surface area contributed by atoms with Crippen molar-refractivity contribution in [3.63, 3.8) is 0 Å². The van der Waals surface area contributed by atoms with Gasteiger partial charge in [-0.3, -0.25) is 14.6 Å². The van der Waals surface area contributed by atoms with Gasteiger partial charge in [-0.1, -0.05) is 43.6 Å². The quantitative estimate of drug-likeness (QED) is 0.223. The number of likely N-dealkylation sites (tertiary alicyclic amines) is 1. The van der Waals surface area contributed by atoms with Crippen molar-refractivity contribution < 1.29 is 14.0 Å². The number of amides is 2. The van der Waals surface area contributed by atoms with Crippen molar-refractivity contribution in [1.82, 2.24) is 4.90 Å². The van der Waals surface area contributed by atoms with Crippen LogP contribution in [0.5, 0.6) is 0 Å². The summed E-state index contributed by atoms with van der Waals surface area (Å²) in [5, 5.41) is 3.55. The van der Waals surface area contributed by atoms with Gasteiger partial charge in [-0.15, -0.1) is 0 Å². The largest absolute Gasteiger partial charge is 0.398 e. The lowest BCUT2D eigenvalue weighted by Gasteiger charge is -2.51. The molecule has 0 aliphatic carbocycles. The van der Waals surface area contributed by atoms with Crippen molar-refractivity contribution in [1.29, 1.82) is 0 Å². The molecule has 2 amide bonds. The highest BCUT2D eigenvalue weighted by Crippen LogP contribution is 2.43. The van der Waals surface area contributed by atoms with E-state index >= 15 is 0 Å². The van der Waals surface area contributed by atoms with Gasteiger partial charge in [0, 0.05) is 28.2 Å². The fourth-order valence-corrected chi connectivity index (χ4v) is 4.18. The number of nitrogens with zero attached hydrogens (tertiary/aromatic N) is 2. The Morgan fingerprint density at radius 3 is 2.47 bits per heavy atom. The molecule has 1 fully saturated rings. The zero-order valence-electron chi connectivity index (χ0n) is 19.3. The molecule has 0 bridgehead atoms. The summed E-state index contributed by atoms with van der Waals surface area (Å²) in [4.78, 5) is 28.6. The fraction of sp³-hybridized carbons (Fsp3) is 0.292. The van der Waals surface area contributed by atoms with Crippen molar-refractivity contribution >= 4 is 52.1 Å². The lowest BCUT2D eigenvalue weighted by atomic mass is 9.81. The maximum atomic E-state index is 14.9. The topological polar surface area (TPSA) is 114 Å². The van der Waals surface area contributed by atoms with Gasteiger partial charge in [-0.05, 0) is 43.3 Å². The van der Waals surface area contributed by atoms with E-state index in [1.807, 2.05) is 13.8 Å². The molecular formula is C24H28Cl2FN5O2. The molecule has 10 heteroatoms. The second kappa shape index (κ2) is 11.4. The Balaban J connectivity index is 0.00000199. The highest BCUT2D eigenvalue weighted by Gasteiger charge is 2.49. The number of benzene rings is 2. The molecular weight excluding hydrogens is 480 g/mol. The summed E-state index contributed by atoms with van der Waals surface area (Å²) in [7, 11) is 0. The third-order valence-corrected chi connectivity index (χ3v) is 6.03. The van der Waals surface area contributed by atoms with E-state index in [1.165, 1.54) is 23.1 Å². The van der Waals surface area contributed by atoms with Crippen LogP contribution in [0.3, 0.4) is 0 Å². The van der Waals surface area contributed by atoms with E-state index in [1.54, 1.807) is 25.1 Å². The summed E-state index contributed by atoms with van der Waals surface area (Å²) in [6.07, 6.45) is 1.20. The number of aliphatic imine (C=N–C) groups is 1. The standard InChI is InChI=1S/C22H22Cl2FN5O2.C2H6/c1-3-19(32)30-10-22(11-30,20-16(25)7-6-15(23)21(20)24)29-13-4-5-14(17(26)8-13)12(2)28-9-18(27)31;1-2/h3-8,29H,1,9-11,26H2,2H3,(H2,27,31);1-2H3. The fourth-order valence-electron chi connectivity index (χ4n) is 3.68. The normalized spacial score (nSPS) is 14.4. The molecule has 34 heavy (non-hydrogen) atoms. The highest BCUT2D eigenvalue weighted by molar-refractivity contribution is 6.42. The van der Waals surface area contributed by atoms with Crippen LogP contribution in [0.25, 0.3) is 0 Å². The SMILES string of the molecule is C=CC(=O)N1CC(Nc2ccc(C(C)=NCC(N)=O)c(N)c2)(c2c(F)ccc(Cl)c2Cl)C1.CC. The molecule has 1 heterocycles. The van der Waals surface area contributed by atoms with Crippen LogP contribution in [0.4, 0.5) is 15.8 Å². The van der Waals surface area contributed by atoms with Crippen LogP contribution in [0.2, 0.25) is 10.0 Å². The minimum atomic E-state index is -1.02. The molecule has 1 aliphatic rings. The number of primary amides is 1. The van der Waals surface area contributed by atoms with Crippen molar-refractivity contribution in [2.24, 2.45) is 10.7 Å². The van der Waals surface area contributed by atoms with Crippen molar-refractivity contribution in [3.05, 3.63) is 70.0 Å². The Bertz CT molecular complexity index is 1130. The van der Waals surface area contributed by atoms with Crippen LogP contribution >= 0.6 is 23.2 Å². The van der Waals surface area contributed by atoms with Gasteiger partial charge in [0.2, 0.25) is 11.8 Å². The second-order valence-electron chi connectivity index (χ2n) is 7.49. The molecule has 0 unspecified atom stereocenters. The Labute approximate surface area is 208 Å². The Morgan fingerprint density at radius 1 is 1.26 bits per heavy atom. The zero-order chi connectivity index (χ0) is 25.6. The predicted molar refractivity (Wildman–Crippen MR) is 137 cm³/mol. The van der Waals surface area contributed by atoms with Gasteiger partial charge in [-0.2, -0.15) is 0 Å². The van der Waals surface area contributed by atoms with Gasteiger partial charge >= 0.3 is 0 Å². The molecule has 182 valence electrons. The maximum absolute atomic E-state index is 14.9. The van der Waals surface area contributed by atoms with E-state index in [4.69, 9.17) is 34.7 Å². The van der Waals surface area contributed by atoms with E-state index in [0.717, 1.165) is 0 Å². The molecule has 0 aromatic heterocycles. The third-order valence-electron chi connectivity index (χ3n) is 5.23. The number of rotatable bonds is 7. The molecule has 0 spiro atoms. The van der Waals surface area contributed by atoms with Crippen LogP contribution in [-0.4, -0.2) is 42.1 Å². The average Bonchev–Trinajstić information content (AvgIpc) is 2.78. The van der Waals surface area contributed by atoms with Gasteiger partial charge in [0.15, 0.2) is 0 Å². The number of nitrogens with one attached hydrogen (secondary N) is 1. The molecule has 0 radical (unpaired) electrons. The second-order valence-corrected chi connectivity index (χ2v) is 8.28. The highest BCUT2D eigenvalue weighted by atomic mass is 35.5. The zero-order valence-corrected chi connectivity index (χ0v) is 20.8. The average molecular weight is 508 g/mol. The lowest BCUT2D eigenvalue weighted by Crippen LogP contribution is -2.65. The monoisotopic (exact) mass is 507 g/mol. The minimum absolute atomic E-state index is 0.0730. The molecule has 2 aromatic carbocycles.